The molecule has 0 aliphatic carbocycles. The van der Waals surface area contributed by atoms with Crippen molar-refractivity contribution in [3.8, 4) is 0 Å². The molecule has 2 atom stereocenters. The fourth-order valence-corrected chi connectivity index (χ4v) is 3.29. The van der Waals surface area contributed by atoms with Crippen LogP contribution in [0.2, 0.25) is 10.0 Å². The molecule has 1 fully saturated rings. The van der Waals surface area contributed by atoms with E-state index in [1.807, 2.05) is 13.0 Å². The third-order valence-corrected chi connectivity index (χ3v) is 5.22. The molecular formula is C19H23Cl2N3O4. The van der Waals surface area contributed by atoms with E-state index in [1.165, 1.54) is 11.8 Å². The van der Waals surface area contributed by atoms with E-state index in [2.05, 4.69) is 10.6 Å². The van der Waals surface area contributed by atoms with Crippen molar-refractivity contribution in [1.29, 1.82) is 0 Å². The predicted octanol–water partition coefficient (Wildman–Crippen LogP) is 1.59. The molecule has 1 aromatic rings. The topological polar surface area (TPSA) is 95.6 Å². The number of nitrogens with one attached hydrogen (secondary N) is 2. The van der Waals surface area contributed by atoms with Gasteiger partial charge < -0.3 is 15.5 Å². The summed E-state index contributed by atoms with van der Waals surface area (Å²) in [5.74, 6) is -3.07. The molecule has 0 radical (unpaired) electrons. The Labute approximate surface area is 173 Å². The second kappa shape index (κ2) is 9.89. The lowest BCUT2D eigenvalue weighted by atomic mass is 10.0. The first-order chi connectivity index (χ1) is 13.2. The van der Waals surface area contributed by atoms with Gasteiger partial charge in [-0.15, -0.1) is 0 Å². The lowest BCUT2D eigenvalue weighted by Crippen LogP contribution is -2.43. The SMILES string of the molecule is CC(=O)NCCN1CC(=O)C(C(=O)NC(C)CCc2ccc(Cl)c(Cl)c2)C1=O. The average molecular weight is 428 g/mol. The number of rotatable bonds is 8. The molecule has 7 nitrogen and oxygen atoms in total. The van der Waals surface area contributed by atoms with Crippen molar-refractivity contribution in [1.82, 2.24) is 15.5 Å². The number of carbonyl (C=O) groups is 4. The van der Waals surface area contributed by atoms with Crippen LogP contribution < -0.4 is 10.6 Å². The maximum Gasteiger partial charge on any atom is 0.243 e. The summed E-state index contributed by atoms with van der Waals surface area (Å²) in [6.07, 6.45) is 1.28. The zero-order valence-electron chi connectivity index (χ0n) is 15.8. The normalized spacial score (nSPS) is 17.6. The maximum absolute atomic E-state index is 12.4. The van der Waals surface area contributed by atoms with Gasteiger partial charge in [-0.2, -0.15) is 0 Å². The van der Waals surface area contributed by atoms with Gasteiger partial charge in [0.25, 0.3) is 0 Å². The van der Waals surface area contributed by atoms with E-state index in [-0.39, 0.29) is 31.6 Å². The number of aryl methyl sites for hydroxylation is 1. The Morgan fingerprint density at radius 1 is 1.25 bits per heavy atom. The number of hydrogen-bond donors (Lipinski definition) is 2. The standard InChI is InChI=1S/C19H23Cl2N3O4/c1-11(3-4-13-5-6-14(20)15(21)9-13)23-18(27)17-16(26)10-24(19(17)28)8-7-22-12(2)25/h5-6,9,11,17H,3-4,7-8,10H2,1-2H3,(H,22,25)(H,23,27). The largest absolute Gasteiger partial charge is 0.355 e. The van der Waals surface area contributed by atoms with Gasteiger partial charge in [0.2, 0.25) is 17.7 Å². The lowest BCUT2D eigenvalue weighted by molar-refractivity contribution is -0.140. The molecule has 28 heavy (non-hydrogen) atoms. The quantitative estimate of drug-likeness (QED) is 0.615. The van der Waals surface area contributed by atoms with Crippen molar-refractivity contribution in [3.05, 3.63) is 33.8 Å². The zero-order chi connectivity index (χ0) is 20.8. The summed E-state index contributed by atoms with van der Waals surface area (Å²) in [7, 11) is 0. The van der Waals surface area contributed by atoms with Crippen LogP contribution in [0.3, 0.4) is 0 Å². The number of likely N-dealkylation sites (tertiary alicyclic amines) is 1. The van der Waals surface area contributed by atoms with Crippen molar-refractivity contribution >= 4 is 46.7 Å². The Bertz CT molecular complexity index is 784. The minimum atomic E-state index is -1.32. The fraction of sp³-hybridized carbons (Fsp3) is 0.474. The highest BCUT2D eigenvalue weighted by molar-refractivity contribution is 6.42. The summed E-state index contributed by atoms with van der Waals surface area (Å²) >= 11 is 11.9. The van der Waals surface area contributed by atoms with Crippen molar-refractivity contribution in [2.45, 2.75) is 32.7 Å². The molecule has 2 rings (SSSR count). The Morgan fingerprint density at radius 2 is 1.96 bits per heavy atom. The van der Waals surface area contributed by atoms with E-state index in [1.54, 1.807) is 12.1 Å². The summed E-state index contributed by atoms with van der Waals surface area (Å²) in [6, 6.07) is 5.12. The van der Waals surface area contributed by atoms with Gasteiger partial charge in [0.1, 0.15) is 0 Å². The molecule has 2 unspecified atom stereocenters. The second-order valence-corrected chi connectivity index (χ2v) is 7.65. The Balaban J connectivity index is 1.85. The molecule has 0 aromatic heterocycles. The van der Waals surface area contributed by atoms with Crippen LogP contribution in [0.4, 0.5) is 0 Å². The first-order valence-electron chi connectivity index (χ1n) is 8.99. The molecule has 1 heterocycles. The summed E-state index contributed by atoms with van der Waals surface area (Å²) < 4.78 is 0. The molecule has 0 bridgehead atoms. The molecule has 1 aromatic carbocycles. The third-order valence-electron chi connectivity index (χ3n) is 4.48. The number of halogens is 2. The van der Waals surface area contributed by atoms with E-state index in [4.69, 9.17) is 23.2 Å². The lowest BCUT2D eigenvalue weighted by Gasteiger charge is -2.17. The van der Waals surface area contributed by atoms with Gasteiger partial charge >= 0.3 is 0 Å². The first-order valence-corrected chi connectivity index (χ1v) is 9.75. The van der Waals surface area contributed by atoms with Crippen molar-refractivity contribution in [2.75, 3.05) is 19.6 Å². The van der Waals surface area contributed by atoms with Gasteiger partial charge in [0.05, 0.1) is 16.6 Å². The average Bonchev–Trinajstić information content (AvgIpc) is 2.89. The van der Waals surface area contributed by atoms with E-state index in [0.717, 1.165) is 5.56 Å². The molecule has 3 amide bonds. The van der Waals surface area contributed by atoms with Gasteiger partial charge in [-0.3, -0.25) is 19.2 Å². The molecule has 9 heteroatoms. The predicted molar refractivity (Wildman–Crippen MR) is 106 cm³/mol. The number of hydrogen-bond acceptors (Lipinski definition) is 4. The highest BCUT2D eigenvalue weighted by atomic mass is 35.5. The number of carbonyl (C=O) groups excluding carboxylic acids is 4. The molecule has 2 N–H and O–H groups in total. The maximum atomic E-state index is 12.4. The molecular weight excluding hydrogens is 405 g/mol. The van der Waals surface area contributed by atoms with Gasteiger partial charge in [-0.1, -0.05) is 29.3 Å². The van der Waals surface area contributed by atoms with Gasteiger partial charge in [0.15, 0.2) is 11.7 Å². The van der Waals surface area contributed by atoms with Crippen LogP contribution in [0.15, 0.2) is 18.2 Å². The van der Waals surface area contributed by atoms with Gasteiger partial charge in [-0.25, -0.2) is 0 Å². The molecule has 152 valence electrons. The number of Topliss-reactive ketones (excluding diaryl/α,β-unsaturated/α-hetero) is 1. The molecule has 0 saturated carbocycles. The first kappa shape index (κ1) is 22.2. The van der Waals surface area contributed by atoms with Crippen LogP contribution in [0, 0.1) is 5.92 Å². The highest BCUT2D eigenvalue weighted by Crippen LogP contribution is 2.23. The van der Waals surface area contributed by atoms with Crippen LogP contribution in [0.25, 0.3) is 0 Å². The summed E-state index contributed by atoms with van der Waals surface area (Å²) in [5.41, 5.74) is 0.979. The number of amides is 3. The Morgan fingerprint density at radius 3 is 2.61 bits per heavy atom. The summed E-state index contributed by atoms with van der Waals surface area (Å²) in [5, 5.41) is 6.25. The van der Waals surface area contributed by atoms with Crippen LogP contribution in [-0.2, 0) is 25.6 Å². The van der Waals surface area contributed by atoms with Gasteiger partial charge in [0, 0.05) is 26.1 Å². The van der Waals surface area contributed by atoms with Crippen LogP contribution in [0.5, 0.6) is 0 Å². The van der Waals surface area contributed by atoms with Crippen LogP contribution in [-0.4, -0.2) is 54.1 Å². The fourth-order valence-electron chi connectivity index (χ4n) is 2.97. The van der Waals surface area contributed by atoms with E-state index in [9.17, 15) is 19.2 Å². The Kier molecular flexibility index (Phi) is 7.83. The Hall–Kier alpha value is -2.12. The number of nitrogens with zero attached hydrogens (tertiary/aromatic N) is 1. The van der Waals surface area contributed by atoms with Crippen molar-refractivity contribution < 1.29 is 19.2 Å². The second-order valence-electron chi connectivity index (χ2n) is 6.84. The van der Waals surface area contributed by atoms with Crippen molar-refractivity contribution in [2.24, 2.45) is 5.92 Å². The molecule has 0 spiro atoms. The molecule has 1 aliphatic rings. The minimum absolute atomic E-state index is 0.117. The van der Waals surface area contributed by atoms with E-state index < -0.39 is 23.5 Å². The van der Waals surface area contributed by atoms with E-state index in [0.29, 0.717) is 22.9 Å². The highest BCUT2D eigenvalue weighted by Gasteiger charge is 2.43. The van der Waals surface area contributed by atoms with Gasteiger partial charge in [-0.05, 0) is 37.5 Å². The molecule has 1 aliphatic heterocycles. The number of benzene rings is 1. The minimum Gasteiger partial charge on any atom is -0.355 e. The summed E-state index contributed by atoms with van der Waals surface area (Å²) in [4.78, 5) is 49.1. The number of ketones is 1. The van der Waals surface area contributed by atoms with Crippen molar-refractivity contribution in [3.63, 3.8) is 0 Å². The smallest absolute Gasteiger partial charge is 0.243 e. The van der Waals surface area contributed by atoms with Crippen LogP contribution in [0.1, 0.15) is 25.8 Å². The zero-order valence-corrected chi connectivity index (χ0v) is 17.3. The summed E-state index contributed by atoms with van der Waals surface area (Å²) in [6.45, 7) is 3.50. The third kappa shape index (κ3) is 5.94. The van der Waals surface area contributed by atoms with Crippen LogP contribution >= 0.6 is 23.2 Å². The molecule has 1 saturated heterocycles. The van der Waals surface area contributed by atoms with E-state index >= 15 is 0 Å². The monoisotopic (exact) mass is 427 g/mol.